The lowest BCUT2D eigenvalue weighted by atomic mass is 10.1. The second-order valence-corrected chi connectivity index (χ2v) is 7.12. The largest absolute Gasteiger partial charge is 0.383 e. The van der Waals surface area contributed by atoms with Gasteiger partial charge in [0.2, 0.25) is 0 Å². The average molecular weight is 320 g/mol. The van der Waals surface area contributed by atoms with Crippen LogP contribution in [0.15, 0.2) is 46.3 Å². The Morgan fingerprint density at radius 2 is 1.82 bits per heavy atom. The summed E-state index contributed by atoms with van der Waals surface area (Å²) in [4.78, 5) is 4.13. The summed E-state index contributed by atoms with van der Waals surface area (Å²) in [7, 11) is -3.54. The minimum absolute atomic E-state index is 0.0798. The molecule has 0 aromatic heterocycles. The minimum atomic E-state index is -3.54. The van der Waals surface area contributed by atoms with E-state index in [1.54, 1.807) is 13.0 Å². The second-order valence-electron chi connectivity index (χ2n) is 5.13. The van der Waals surface area contributed by atoms with Crippen molar-refractivity contribution in [2.24, 2.45) is 10.7 Å². The summed E-state index contributed by atoms with van der Waals surface area (Å²) >= 11 is 0. The summed E-state index contributed by atoms with van der Waals surface area (Å²) in [5.41, 5.74) is 8.23. The molecule has 0 spiro atoms. The Hall–Kier alpha value is -2.21. The molecule has 0 amide bonds. The third-order valence-corrected chi connectivity index (χ3v) is 4.58. The lowest BCUT2D eigenvalue weighted by Gasteiger charge is -2.09. The number of hydrogen-bond donors (Lipinski definition) is 1. The highest BCUT2D eigenvalue weighted by atomic mass is 32.2. The first-order valence-electron chi connectivity index (χ1n) is 6.60. The van der Waals surface area contributed by atoms with Crippen LogP contribution in [0.2, 0.25) is 0 Å². The summed E-state index contributed by atoms with van der Waals surface area (Å²) < 4.78 is 37.1. The summed E-state index contributed by atoms with van der Waals surface area (Å²) in [5.74, 6) is -0.450. The first kappa shape index (κ1) is 16.2. The van der Waals surface area contributed by atoms with Gasteiger partial charge in [0, 0.05) is 11.8 Å². The van der Waals surface area contributed by atoms with Crippen molar-refractivity contribution in [1.82, 2.24) is 0 Å². The molecule has 0 heterocycles. The van der Waals surface area contributed by atoms with Gasteiger partial charge in [-0.15, -0.1) is 0 Å². The van der Waals surface area contributed by atoms with Crippen molar-refractivity contribution in [3.8, 4) is 0 Å². The van der Waals surface area contributed by atoms with Crippen LogP contribution in [0.4, 0.5) is 10.1 Å². The maximum atomic E-state index is 13.7. The summed E-state index contributed by atoms with van der Waals surface area (Å²) in [5, 5.41) is 0. The molecule has 4 nitrogen and oxygen atoms in total. The third-order valence-electron chi connectivity index (χ3n) is 3.36. The molecule has 0 unspecified atom stereocenters. The van der Waals surface area contributed by atoms with E-state index in [1.807, 2.05) is 25.1 Å². The van der Waals surface area contributed by atoms with Gasteiger partial charge < -0.3 is 5.73 Å². The molecular weight excluding hydrogens is 303 g/mol. The zero-order valence-electron chi connectivity index (χ0n) is 12.6. The Morgan fingerprint density at radius 1 is 1.18 bits per heavy atom. The molecule has 0 fully saturated rings. The molecule has 2 aromatic rings. The Labute approximate surface area is 129 Å². The molecule has 0 atom stereocenters. The van der Waals surface area contributed by atoms with Gasteiger partial charge in [-0.3, -0.25) is 0 Å². The van der Waals surface area contributed by atoms with Gasteiger partial charge in [-0.25, -0.2) is 17.8 Å². The topological polar surface area (TPSA) is 72.5 Å². The third kappa shape index (κ3) is 3.33. The molecule has 0 aliphatic carbocycles. The van der Waals surface area contributed by atoms with Gasteiger partial charge >= 0.3 is 0 Å². The van der Waals surface area contributed by atoms with Crippen molar-refractivity contribution in [1.29, 1.82) is 0 Å². The van der Waals surface area contributed by atoms with Crippen LogP contribution in [-0.2, 0) is 9.84 Å². The number of hydrogen-bond acceptors (Lipinski definition) is 3. The molecule has 2 N–H and O–H groups in total. The number of sulfone groups is 1. The number of aryl methyl sites for hydroxylation is 1. The first-order valence-corrected chi connectivity index (χ1v) is 8.49. The number of halogens is 1. The van der Waals surface area contributed by atoms with Gasteiger partial charge in [-0.05, 0) is 37.1 Å². The predicted octanol–water partition coefficient (Wildman–Crippen LogP) is 2.88. The number of aliphatic imine (C=N–C) groups is 1. The van der Waals surface area contributed by atoms with Gasteiger partial charge in [-0.2, -0.15) is 0 Å². The molecule has 22 heavy (non-hydrogen) atoms. The van der Waals surface area contributed by atoms with E-state index in [2.05, 4.69) is 4.99 Å². The molecule has 0 saturated carbocycles. The molecule has 6 heteroatoms. The van der Waals surface area contributed by atoms with E-state index in [-0.39, 0.29) is 16.4 Å². The standard InChI is InChI=1S/C16H17FN2O2S/c1-10-6-4-5-7-13(10)16(18)19-14-8-12(17)9-15(11(14)2)22(3,20)21/h4-9H,1-3H3,(H2,18,19). The number of amidine groups is 1. The van der Waals surface area contributed by atoms with Crippen molar-refractivity contribution in [3.05, 3.63) is 58.9 Å². The van der Waals surface area contributed by atoms with Gasteiger partial charge in [0.05, 0.1) is 10.6 Å². The zero-order chi connectivity index (χ0) is 16.5. The van der Waals surface area contributed by atoms with E-state index < -0.39 is 15.7 Å². The fourth-order valence-corrected chi connectivity index (χ4v) is 3.18. The van der Waals surface area contributed by atoms with Crippen molar-refractivity contribution in [2.75, 3.05) is 6.26 Å². The van der Waals surface area contributed by atoms with E-state index in [0.29, 0.717) is 5.56 Å². The fourth-order valence-electron chi connectivity index (χ4n) is 2.19. The van der Waals surface area contributed by atoms with Gasteiger partial charge in [0.25, 0.3) is 0 Å². The fraction of sp³-hybridized carbons (Fsp3) is 0.188. The van der Waals surface area contributed by atoms with Crippen LogP contribution < -0.4 is 5.73 Å². The van der Waals surface area contributed by atoms with E-state index in [9.17, 15) is 12.8 Å². The summed E-state index contributed by atoms with van der Waals surface area (Å²) in [6.07, 6.45) is 1.03. The number of nitrogens with zero attached hydrogens (tertiary/aromatic N) is 1. The molecule has 2 aromatic carbocycles. The SMILES string of the molecule is Cc1ccccc1/C(N)=N\c1cc(F)cc(S(C)(=O)=O)c1C. The lowest BCUT2D eigenvalue weighted by molar-refractivity contribution is 0.595. The maximum absolute atomic E-state index is 13.7. The molecular formula is C16H17FN2O2S. The predicted molar refractivity (Wildman–Crippen MR) is 85.8 cm³/mol. The Kier molecular flexibility index (Phi) is 4.32. The number of rotatable bonds is 3. The average Bonchev–Trinajstić information content (AvgIpc) is 2.41. The van der Waals surface area contributed by atoms with Crippen molar-refractivity contribution >= 4 is 21.4 Å². The van der Waals surface area contributed by atoms with E-state index in [0.717, 1.165) is 23.4 Å². The van der Waals surface area contributed by atoms with Crippen LogP contribution in [0.1, 0.15) is 16.7 Å². The summed E-state index contributed by atoms with van der Waals surface area (Å²) in [6.45, 7) is 3.47. The minimum Gasteiger partial charge on any atom is -0.383 e. The molecule has 0 radical (unpaired) electrons. The first-order chi connectivity index (χ1) is 10.2. The normalized spacial score (nSPS) is 12.5. The van der Waals surface area contributed by atoms with Crippen LogP contribution in [0, 0.1) is 19.7 Å². The molecule has 0 aliphatic rings. The molecule has 0 bridgehead atoms. The number of benzene rings is 2. The zero-order valence-corrected chi connectivity index (χ0v) is 13.4. The maximum Gasteiger partial charge on any atom is 0.175 e. The van der Waals surface area contributed by atoms with Crippen molar-refractivity contribution in [2.45, 2.75) is 18.7 Å². The van der Waals surface area contributed by atoms with E-state index in [1.165, 1.54) is 6.07 Å². The molecule has 116 valence electrons. The van der Waals surface area contributed by atoms with Crippen LogP contribution >= 0.6 is 0 Å². The van der Waals surface area contributed by atoms with Gasteiger partial charge in [-0.1, -0.05) is 24.3 Å². The quantitative estimate of drug-likeness (QED) is 0.698. The Balaban J connectivity index is 2.62. The van der Waals surface area contributed by atoms with Gasteiger partial charge in [0.1, 0.15) is 11.7 Å². The van der Waals surface area contributed by atoms with E-state index in [4.69, 9.17) is 5.73 Å². The molecule has 0 saturated heterocycles. The van der Waals surface area contributed by atoms with Crippen LogP contribution in [0.25, 0.3) is 0 Å². The number of nitrogens with two attached hydrogens (primary N) is 1. The lowest BCUT2D eigenvalue weighted by Crippen LogP contribution is -2.14. The second kappa shape index (κ2) is 5.88. The van der Waals surface area contributed by atoms with Crippen LogP contribution in [0.5, 0.6) is 0 Å². The van der Waals surface area contributed by atoms with Crippen molar-refractivity contribution in [3.63, 3.8) is 0 Å². The van der Waals surface area contributed by atoms with Crippen LogP contribution in [-0.4, -0.2) is 20.5 Å². The molecule has 0 aliphatic heterocycles. The van der Waals surface area contributed by atoms with E-state index >= 15 is 0 Å². The Bertz CT molecular complexity index is 858. The van der Waals surface area contributed by atoms with Crippen molar-refractivity contribution < 1.29 is 12.8 Å². The highest BCUT2D eigenvalue weighted by Gasteiger charge is 2.16. The molecule has 2 rings (SSSR count). The van der Waals surface area contributed by atoms with Crippen LogP contribution in [0.3, 0.4) is 0 Å². The smallest absolute Gasteiger partial charge is 0.175 e. The summed E-state index contributed by atoms with van der Waals surface area (Å²) in [6, 6.07) is 9.56. The van der Waals surface area contributed by atoms with Gasteiger partial charge in [0.15, 0.2) is 9.84 Å². The highest BCUT2D eigenvalue weighted by molar-refractivity contribution is 7.90. The monoisotopic (exact) mass is 320 g/mol. The highest BCUT2D eigenvalue weighted by Crippen LogP contribution is 2.27. The Morgan fingerprint density at radius 3 is 2.41 bits per heavy atom.